The molecule has 0 radical (unpaired) electrons. The molecule has 0 aliphatic heterocycles. The summed E-state index contributed by atoms with van der Waals surface area (Å²) in [5.41, 5.74) is 8.25. The van der Waals surface area contributed by atoms with Crippen LogP contribution in [0.4, 0.5) is 5.00 Å². The third-order valence-corrected chi connectivity index (χ3v) is 8.56. The van der Waals surface area contributed by atoms with Crippen molar-refractivity contribution in [1.29, 1.82) is 0 Å². The number of hydrogen-bond donors (Lipinski definition) is 2. The van der Waals surface area contributed by atoms with Gasteiger partial charge >= 0.3 is 0 Å². The second-order valence-corrected chi connectivity index (χ2v) is 10.9. The number of fused-ring (bicyclic) bond motifs is 2. The first-order valence-electron chi connectivity index (χ1n) is 9.42. The molecule has 0 bridgehead atoms. The van der Waals surface area contributed by atoms with Crippen molar-refractivity contribution in [1.82, 2.24) is 9.97 Å². The number of hydrogen-bond acceptors (Lipinski definition) is 7. The smallest absolute Gasteiger partial charge is 0.251 e. The fourth-order valence-corrected chi connectivity index (χ4v) is 7.08. The predicted octanol–water partition coefficient (Wildman–Crippen LogP) is 4.38. The number of thioether (sulfide) groups is 1. The Morgan fingerprint density at radius 2 is 1.93 bits per heavy atom. The second-order valence-electron chi connectivity index (χ2n) is 7.21. The van der Waals surface area contributed by atoms with Gasteiger partial charge in [-0.1, -0.05) is 11.8 Å². The maximum Gasteiger partial charge on any atom is 0.251 e. The lowest BCUT2D eigenvalue weighted by Crippen LogP contribution is -2.24. The molecule has 3 N–H and O–H groups in total. The number of nitrogens with one attached hydrogen (secondary N) is 1. The van der Waals surface area contributed by atoms with Crippen molar-refractivity contribution < 1.29 is 9.59 Å². The Bertz CT molecular complexity index is 1150. The van der Waals surface area contributed by atoms with Gasteiger partial charge in [-0.05, 0) is 58.1 Å². The van der Waals surface area contributed by atoms with Crippen LogP contribution in [-0.2, 0) is 17.6 Å². The molecule has 29 heavy (non-hydrogen) atoms. The summed E-state index contributed by atoms with van der Waals surface area (Å²) in [6.07, 6.45) is 2.82. The van der Waals surface area contributed by atoms with Crippen molar-refractivity contribution in [3.05, 3.63) is 32.3 Å². The van der Waals surface area contributed by atoms with Crippen molar-refractivity contribution in [2.24, 2.45) is 5.73 Å². The van der Waals surface area contributed by atoms with Crippen LogP contribution in [0.1, 0.15) is 50.4 Å². The average Bonchev–Trinajstić information content (AvgIpc) is 3.28. The molecule has 9 heteroatoms. The van der Waals surface area contributed by atoms with Crippen molar-refractivity contribution >= 4 is 61.5 Å². The molecule has 1 aliphatic rings. The van der Waals surface area contributed by atoms with E-state index in [1.165, 1.54) is 28.0 Å². The molecule has 0 spiro atoms. The number of anilines is 1. The molecule has 1 aliphatic carbocycles. The number of nitrogens with zero attached hydrogens (tertiary/aromatic N) is 2. The summed E-state index contributed by atoms with van der Waals surface area (Å²) in [6.45, 7) is 7.85. The first-order valence-corrected chi connectivity index (χ1v) is 11.9. The van der Waals surface area contributed by atoms with Crippen LogP contribution < -0.4 is 11.1 Å². The van der Waals surface area contributed by atoms with E-state index >= 15 is 0 Å². The SMILES string of the molecule is Cc1nc(S[C@H](C)C(=O)Nc2sc3c(c2C(N)=O)CCC3)c2c(C)c(C)sc2n1. The number of nitrogens with two attached hydrogens (primary N) is 1. The summed E-state index contributed by atoms with van der Waals surface area (Å²) in [4.78, 5) is 37.3. The molecule has 0 aromatic carbocycles. The van der Waals surface area contributed by atoms with Gasteiger partial charge in [0.15, 0.2) is 0 Å². The van der Waals surface area contributed by atoms with Gasteiger partial charge in [0.05, 0.1) is 10.8 Å². The minimum absolute atomic E-state index is 0.161. The molecule has 152 valence electrons. The molecule has 3 aromatic rings. The first kappa shape index (κ1) is 20.3. The fraction of sp³-hybridized carbons (Fsp3) is 0.400. The summed E-state index contributed by atoms with van der Waals surface area (Å²) < 4.78 is 0. The molecule has 0 saturated heterocycles. The van der Waals surface area contributed by atoms with Crippen molar-refractivity contribution in [2.45, 2.75) is 57.2 Å². The first-order chi connectivity index (χ1) is 13.8. The monoisotopic (exact) mass is 446 g/mol. The summed E-state index contributed by atoms with van der Waals surface area (Å²) in [5, 5.41) is 4.98. The van der Waals surface area contributed by atoms with Gasteiger partial charge in [-0.3, -0.25) is 9.59 Å². The zero-order valence-corrected chi connectivity index (χ0v) is 19.2. The number of carbonyl (C=O) groups is 2. The predicted molar refractivity (Wildman–Crippen MR) is 120 cm³/mol. The van der Waals surface area contributed by atoms with E-state index in [0.717, 1.165) is 50.5 Å². The van der Waals surface area contributed by atoms with Crippen molar-refractivity contribution in [2.75, 3.05) is 5.32 Å². The highest BCUT2D eigenvalue weighted by atomic mass is 32.2. The minimum atomic E-state index is -0.475. The zero-order valence-electron chi connectivity index (χ0n) is 16.7. The molecule has 2 amide bonds. The average molecular weight is 447 g/mol. The van der Waals surface area contributed by atoms with Crippen LogP contribution in [0.5, 0.6) is 0 Å². The number of carbonyl (C=O) groups excluding carboxylic acids is 2. The van der Waals surface area contributed by atoms with Crippen LogP contribution in [-0.4, -0.2) is 27.0 Å². The molecular formula is C20H22N4O2S3. The van der Waals surface area contributed by atoms with Crippen LogP contribution in [0.25, 0.3) is 10.2 Å². The molecule has 0 saturated carbocycles. The van der Waals surface area contributed by atoms with E-state index in [9.17, 15) is 9.59 Å². The molecular weight excluding hydrogens is 424 g/mol. The normalized spacial score (nSPS) is 14.2. The largest absolute Gasteiger partial charge is 0.365 e. The zero-order chi connectivity index (χ0) is 20.9. The topological polar surface area (TPSA) is 98.0 Å². The molecule has 0 fully saturated rings. The minimum Gasteiger partial charge on any atom is -0.365 e. The summed E-state index contributed by atoms with van der Waals surface area (Å²) in [7, 11) is 0. The van der Waals surface area contributed by atoms with E-state index in [1.54, 1.807) is 11.3 Å². The van der Waals surface area contributed by atoms with E-state index in [2.05, 4.69) is 29.1 Å². The molecule has 1 atom stereocenters. The Kier molecular flexibility index (Phi) is 5.39. The highest BCUT2D eigenvalue weighted by molar-refractivity contribution is 8.00. The van der Waals surface area contributed by atoms with Gasteiger partial charge in [0.25, 0.3) is 5.91 Å². The van der Waals surface area contributed by atoms with Gasteiger partial charge < -0.3 is 11.1 Å². The Hall–Kier alpha value is -1.97. The van der Waals surface area contributed by atoms with E-state index in [-0.39, 0.29) is 11.2 Å². The van der Waals surface area contributed by atoms with Crippen LogP contribution in [0.3, 0.4) is 0 Å². The van der Waals surface area contributed by atoms with Gasteiger partial charge in [-0.15, -0.1) is 22.7 Å². The van der Waals surface area contributed by atoms with Crippen LogP contribution in [0.2, 0.25) is 0 Å². The second kappa shape index (κ2) is 7.70. The lowest BCUT2D eigenvalue weighted by atomic mass is 10.1. The quantitative estimate of drug-likeness (QED) is 0.447. The lowest BCUT2D eigenvalue weighted by Gasteiger charge is -2.13. The van der Waals surface area contributed by atoms with Crippen LogP contribution in [0, 0.1) is 20.8 Å². The number of rotatable bonds is 5. The van der Waals surface area contributed by atoms with Gasteiger partial charge in [-0.25, -0.2) is 9.97 Å². The maximum absolute atomic E-state index is 12.9. The molecule has 0 unspecified atom stereocenters. The Morgan fingerprint density at radius 1 is 1.17 bits per heavy atom. The molecule has 3 heterocycles. The van der Waals surface area contributed by atoms with Crippen LogP contribution in [0.15, 0.2) is 5.03 Å². The van der Waals surface area contributed by atoms with Crippen LogP contribution >= 0.6 is 34.4 Å². The number of thiophene rings is 2. The van der Waals surface area contributed by atoms with Gasteiger partial charge in [-0.2, -0.15) is 0 Å². The lowest BCUT2D eigenvalue weighted by molar-refractivity contribution is -0.115. The van der Waals surface area contributed by atoms with E-state index in [4.69, 9.17) is 5.73 Å². The highest BCUT2D eigenvalue weighted by Crippen LogP contribution is 2.40. The number of aromatic nitrogens is 2. The third kappa shape index (κ3) is 3.67. The van der Waals surface area contributed by atoms with Gasteiger partial charge in [0.1, 0.15) is 20.7 Å². The van der Waals surface area contributed by atoms with E-state index in [1.807, 2.05) is 13.8 Å². The summed E-state index contributed by atoms with van der Waals surface area (Å²) in [5.74, 6) is 0.0588. The Labute approximate surface area is 181 Å². The van der Waals surface area contributed by atoms with Crippen molar-refractivity contribution in [3.8, 4) is 0 Å². The van der Waals surface area contributed by atoms with Gasteiger partial charge in [0, 0.05) is 15.1 Å². The fourth-order valence-electron chi connectivity index (χ4n) is 3.59. The van der Waals surface area contributed by atoms with E-state index in [0.29, 0.717) is 16.4 Å². The van der Waals surface area contributed by atoms with Crippen molar-refractivity contribution in [3.63, 3.8) is 0 Å². The Balaban J connectivity index is 1.59. The summed E-state index contributed by atoms with van der Waals surface area (Å²) in [6, 6.07) is 0. The molecule has 3 aromatic heterocycles. The summed E-state index contributed by atoms with van der Waals surface area (Å²) >= 11 is 4.54. The number of amides is 2. The molecule has 6 nitrogen and oxygen atoms in total. The van der Waals surface area contributed by atoms with E-state index < -0.39 is 5.91 Å². The number of primary amides is 1. The maximum atomic E-state index is 12.9. The number of aryl methyl sites for hydroxylation is 4. The third-order valence-electron chi connectivity index (χ3n) is 5.17. The standard InChI is InChI=1S/C20H22N4O2S3/c1-8-9(2)27-18-14(8)19(23-11(4)22-18)28-10(3)17(26)24-20-15(16(21)25)12-6-5-7-13(12)29-20/h10H,5-7H2,1-4H3,(H2,21,25)(H,24,26)/t10-/m1/s1. The Morgan fingerprint density at radius 3 is 2.66 bits per heavy atom. The molecule has 4 rings (SSSR count). The van der Waals surface area contributed by atoms with Gasteiger partial charge in [0.2, 0.25) is 5.91 Å². The highest BCUT2D eigenvalue weighted by Gasteiger charge is 2.28.